The molecule has 218 valence electrons. The van der Waals surface area contributed by atoms with Crippen LogP contribution in [0.3, 0.4) is 0 Å². The van der Waals surface area contributed by atoms with E-state index in [0.717, 1.165) is 17.1 Å². The number of amides is 2. The molecule has 0 bridgehead atoms. The molecule has 3 aromatic rings. The molecule has 0 spiro atoms. The minimum Gasteiger partial charge on any atom is -0.360 e. The summed E-state index contributed by atoms with van der Waals surface area (Å²) in [7, 11) is -4.28. The first-order valence-corrected chi connectivity index (χ1v) is 15.6. The van der Waals surface area contributed by atoms with Gasteiger partial charge in [-0.05, 0) is 56.9 Å². The highest BCUT2D eigenvalue weighted by molar-refractivity contribution is 7.89. The van der Waals surface area contributed by atoms with Crippen LogP contribution in [0.25, 0.3) is 11.3 Å². The lowest BCUT2D eigenvalue weighted by Crippen LogP contribution is -2.56. The zero-order chi connectivity index (χ0) is 29.5. The summed E-state index contributed by atoms with van der Waals surface area (Å²) in [5.74, 6) is -1.03. The van der Waals surface area contributed by atoms with E-state index in [1.165, 1.54) is 23.1 Å². The Labute approximate surface area is 252 Å². The number of nitrogens with zero attached hydrogens (tertiary/aromatic N) is 3. The van der Waals surface area contributed by atoms with E-state index in [1.54, 1.807) is 31.2 Å². The van der Waals surface area contributed by atoms with Gasteiger partial charge < -0.3 is 20.5 Å². The van der Waals surface area contributed by atoms with Crippen LogP contribution in [-0.2, 0) is 14.8 Å². The fourth-order valence-corrected chi connectivity index (χ4v) is 7.42. The maximum absolute atomic E-state index is 14.1. The Hall–Kier alpha value is -2.67. The van der Waals surface area contributed by atoms with Crippen LogP contribution in [0.1, 0.15) is 41.8 Å². The molecule has 1 unspecified atom stereocenters. The maximum atomic E-state index is 14.1. The van der Waals surface area contributed by atoms with Gasteiger partial charge in [0.25, 0.3) is 11.8 Å². The lowest BCUT2D eigenvalue weighted by Gasteiger charge is -2.32. The molecular formula is C27H28Cl3N5O5S. The highest BCUT2D eigenvalue weighted by Crippen LogP contribution is 2.35. The number of halogens is 3. The van der Waals surface area contributed by atoms with E-state index in [9.17, 15) is 18.0 Å². The molecule has 2 aromatic carbocycles. The number of hydrogen-bond acceptors (Lipinski definition) is 7. The number of aromatic nitrogens is 1. The minimum atomic E-state index is -4.28. The number of carbonyl (C=O) groups excluding carboxylic acids is 2. The van der Waals surface area contributed by atoms with E-state index >= 15 is 0 Å². The van der Waals surface area contributed by atoms with Gasteiger partial charge in [-0.2, -0.15) is 4.31 Å². The fourth-order valence-electron chi connectivity index (χ4n) is 5.26. The molecule has 1 saturated carbocycles. The second kappa shape index (κ2) is 11.9. The van der Waals surface area contributed by atoms with Crippen molar-refractivity contribution in [2.24, 2.45) is 5.73 Å². The van der Waals surface area contributed by atoms with E-state index in [0.29, 0.717) is 23.4 Å². The van der Waals surface area contributed by atoms with Gasteiger partial charge in [-0.1, -0.05) is 58.2 Å². The average Bonchev–Trinajstić information content (AvgIpc) is 3.56. The Morgan fingerprint density at radius 3 is 2.39 bits per heavy atom. The summed E-state index contributed by atoms with van der Waals surface area (Å²) >= 11 is 18.5. The lowest BCUT2D eigenvalue weighted by atomic mass is 9.92. The molecule has 1 aliphatic carbocycles. The third kappa shape index (κ3) is 5.84. The minimum absolute atomic E-state index is 0.0453. The first kappa shape index (κ1) is 29.8. The Bertz CT molecular complexity index is 1590. The second-order valence-electron chi connectivity index (χ2n) is 10.1. The van der Waals surface area contributed by atoms with Crippen molar-refractivity contribution in [1.82, 2.24) is 19.7 Å². The summed E-state index contributed by atoms with van der Waals surface area (Å²) in [6.45, 7) is 1.38. The van der Waals surface area contributed by atoms with E-state index in [4.69, 9.17) is 45.1 Å². The molecule has 2 heterocycles. The number of hydrogen-bond donors (Lipinski definition) is 2. The monoisotopic (exact) mass is 639 g/mol. The lowest BCUT2D eigenvalue weighted by molar-refractivity contribution is -0.128. The van der Waals surface area contributed by atoms with E-state index in [2.05, 4.69) is 10.5 Å². The Morgan fingerprint density at radius 1 is 1.00 bits per heavy atom. The highest BCUT2D eigenvalue weighted by atomic mass is 35.5. The quantitative estimate of drug-likeness (QED) is 0.405. The smallest absolute Gasteiger partial charge is 0.261 e. The van der Waals surface area contributed by atoms with Crippen molar-refractivity contribution in [3.8, 4) is 11.3 Å². The second-order valence-corrected chi connectivity index (χ2v) is 13.2. The molecule has 41 heavy (non-hydrogen) atoms. The van der Waals surface area contributed by atoms with E-state index in [1.807, 2.05) is 0 Å². The molecule has 1 saturated heterocycles. The van der Waals surface area contributed by atoms with Crippen LogP contribution in [0.15, 0.2) is 51.9 Å². The molecule has 14 heteroatoms. The van der Waals surface area contributed by atoms with Crippen molar-refractivity contribution in [3.63, 3.8) is 0 Å². The molecule has 3 N–H and O–H groups in total. The molecular weight excluding hydrogens is 613 g/mol. The molecule has 1 atom stereocenters. The molecule has 5 rings (SSSR count). The standard InChI is InChI=1S/C27H28Cl3N5O5S/c1-15-23(24(33-40-15)19-4-2-3-5-20(19)28)27(37)34-12-13-35(41(38,39)18-10-11-21(29)22(30)14-18)26(34)25(36)32-17-8-6-16(31)7-9-17/h2-5,10-11,14,16-17,26H,6-9,12-13,31H2,1H3,(H,32,36). The summed E-state index contributed by atoms with van der Waals surface area (Å²) in [5.41, 5.74) is 6.78. The van der Waals surface area contributed by atoms with Gasteiger partial charge in [0.1, 0.15) is 17.0 Å². The van der Waals surface area contributed by atoms with Crippen molar-refractivity contribution >= 4 is 56.6 Å². The van der Waals surface area contributed by atoms with Crippen molar-refractivity contribution < 1.29 is 22.5 Å². The summed E-state index contributed by atoms with van der Waals surface area (Å²) in [6.07, 6.45) is 1.27. The van der Waals surface area contributed by atoms with Crippen LogP contribution in [0.5, 0.6) is 0 Å². The number of carbonyl (C=O) groups is 2. The van der Waals surface area contributed by atoms with Crippen molar-refractivity contribution in [2.45, 2.75) is 55.8 Å². The van der Waals surface area contributed by atoms with Crippen LogP contribution in [-0.4, -0.2) is 65.9 Å². The van der Waals surface area contributed by atoms with Gasteiger partial charge in [-0.3, -0.25) is 9.59 Å². The van der Waals surface area contributed by atoms with Crippen molar-refractivity contribution in [1.29, 1.82) is 0 Å². The molecule has 2 fully saturated rings. The first-order valence-electron chi connectivity index (χ1n) is 13.0. The number of sulfonamides is 1. The molecule has 1 aromatic heterocycles. The third-order valence-corrected chi connectivity index (χ3v) is 10.4. The van der Waals surface area contributed by atoms with Gasteiger partial charge in [0.2, 0.25) is 10.0 Å². The molecule has 1 aliphatic heterocycles. The summed E-state index contributed by atoms with van der Waals surface area (Å²) < 4.78 is 34.1. The van der Waals surface area contributed by atoms with Gasteiger partial charge in [-0.25, -0.2) is 8.42 Å². The van der Waals surface area contributed by atoms with E-state index in [-0.39, 0.29) is 57.1 Å². The Morgan fingerprint density at radius 2 is 1.71 bits per heavy atom. The van der Waals surface area contributed by atoms with Gasteiger partial charge in [-0.15, -0.1) is 0 Å². The zero-order valence-corrected chi connectivity index (χ0v) is 25.1. The van der Waals surface area contributed by atoms with E-state index < -0.39 is 28.0 Å². The number of nitrogens with two attached hydrogens (primary N) is 1. The SMILES string of the molecule is Cc1onc(-c2ccccc2Cl)c1C(=O)N1CCN(S(=O)(=O)c2ccc(Cl)c(Cl)c2)C1C(=O)NC1CCC(N)CC1. The van der Waals surface area contributed by atoms with Crippen LogP contribution in [0, 0.1) is 6.92 Å². The molecule has 0 radical (unpaired) electrons. The van der Waals surface area contributed by atoms with Gasteiger partial charge >= 0.3 is 0 Å². The van der Waals surface area contributed by atoms with Crippen LogP contribution >= 0.6 is 34.8 Å². The summed E-state index contributed by atoms with van der Waals surface area (Å²) in [6, 6.07) is 10.6. The molecule has 2 aliphatic rings. The Balaban J connectivity index is 1.53. The zero-order valence-electron chi connectivity index (χ0n) is 22.0. The first-order chi connectivity index (χ1) is 19.5. The largest absolute Gasteiger partial charge is 0.360 e. The van der Waals surface area contributed by atoms with Crippen LogP contribution in [0.2, 0.25) is 15.1 Å². The van der Waals surface area contributed by atoms with Crippen LogP contribution < -0.4 is 11.1 Å². The summed E-state index contributed by atoms with van der Waals surface area (Å²) in [5, 5.41) is 7.60. The number of aryl methyl sites for hydroxylation is 1. The number of benzene rings is 2. The van der Waals surface area contributed by atoms with Crippen molar-refractivity contribution in [2.75, 3.05) is 13.1 Å². The van der Waals surface area contributed by atoms with Gasteiger partial charge in [0.15, 0.2) is 6.17 Å². The molecule has 10 nitrogen and oxygen atoms in total. The average molecular weight is 641 g/mol. The number of rotatable bonds is 6. The van der Waals surface area contributed by atoms with Gasteiger partial charge in [0, 0.05) is 30.7 Å². The Kier molecular flexibility index (Phi) is 8.66. The number of nitrogens with one attached hydrogen (secondary N) is 1. The predicted molar refractivity (Wildman–Crippen MR) is 155 cm³/mol. The predicted octanol–water partition coefficient (Wildman–Crippen LogP) is 4.47. The van der Waals surface area contributed by atoms with Crippen molar-refractivity contribution in [3.05, 3.63) is 68.9 Å². The fraction of sp³-hybridized carbons (Fsp3) is 0.370. The van der Waals surface area contributed by atoms with Gasteiger partial charge in [0.05, 0.1) is 20.0 Å². The topological polar surface area (TPSA) is 139 Å². The normalized spacial score (nSPS) is 21.7. The highest BCUT2D eigenvalue weighted by Gasteiger charge is 2.48. The van der Waals surface area contributed by atoms with Crippen LogP contribution in [0.4, 0.5) is 0 Å². The molecule has 2 amide bonds. The third-order valence-electron chi connectivity index (χ3n) is 7.45. The summed E-state index contributed by atoms with van der Waals surface area (Å²) in [4.78, 5) is 29.0. The maximum Gasteiger partial charge on any atom is 0.261 e.